The Hall–Kier alpha value is -2.78. The van der Waals surface area contributed by atoms with Gasteiger partial charge in [-0.05, 0) is 24.1 Å². The molecule has 112 valence electrons. The van der Waals surface area contributed by atoms with Crippen LogP contribution in [0.4, 0.5) is 10.5 Å². The normalized spacial score (nSPS) is 20.4. The lowest BCUT2D eigenvalue weighted by molar-refractivity contribution is -0.122. The molecular formula is C16H16N4O2. The number of urea groups is 1. The first kappa shape index (κ1) is 14.2. The highest BCUT2D eigenvalue weighted by Crippen LogP contribution is 2.24. The lowest BCUT2D eigenvalue weighted by Gasteiger charge is -2.29. The minimum atomic E-state index is -0.754. The molecule has 6 nitrogen and oxygen atoms in total. The molecule has 3 amide bonds. The average Bonchev–Trinajstić information content (AvgIpc) is 2.86. The highest BCUT2D eigenvalue weighted by Gasteiger charge is 2.43. The monoisotopic (exact) mass is 296 g/mol. The van der Waals surface area contributed by atoms with Gasteiger partial charge in [0.05, 0.1) is 6.54 Å². The maximum absolute atomic E-state index is 12.6. The van der Waals surface area contributed by atoms with Gasteiger partial charge in [-0.15, -0.1) is 6.42 Å². The lowest BCUT2D eigenvalue weighted by atomic mass is 10.1. The number of amides is 3. The molecule has 2 aliphatic heterocycles. The predicted molar refractivity (Wildman–Crippen MR) is 82.1 cm³/mol. The van der Waals surface area contributed by atoms with Crippen LogP contribution in [-0.4, -0.2) is 34.6 Å². The lowest BCUT2D eigenvalue weighted by Crippen LogP contribution is -2.51. The molecule has 0 aromatic heterocycles. The third-order valence-corrected chi connectivity index (χ3v) is 3.70. The zero-order valence-electron chi connectivity index (χ0n) is 12.2. The van der Waals surface area contributed by atoms with Crippen LogP contribution in [-0.2, 0) is 11.2 Å². The number of hydrazine groups is 1. The molecule has 2 aliphatic rings. The van der Waals surface area contributed by atoms with Gasteiger partial charge >= 0.3 is 6.03 Å². The van der Waals surface area contributed by atoms with E-state index in [1.54, 1.807) is 17.3 Å². The molecule has 0 radical (unpaired) electrons. The molecule has 1 aromatic rings. The van der Waals surface area contributed by atoms with Gasteiger partial charge in [0.15, 0.2) is 6.17 Å². The number of carbonyl (C=O) groups is 2. The Labute approximate surface area is 129 Å². The van der Waals surface area contributed by atoms with E-state index in [0.717, 1.165) is 17.7 Å². The smallest absolute Gasteiger partial charge is 0.283 e. The minimum absolute atomic E-state index is 0.109. The Kier molecular flexibility index (Phi) is 3.57. The summed E-state index contributed by atoms with van der Waals surface area (Å²) in [5.41, 5.74) is 4.77. The summed E-state index contributed by atoms with van der Waals surface area (Å²) in [5.74, 6) is 2.17. The summed E-state index contributed by atoms with van der Waals surface area (Å²) in [5, 5.41) is 1.26. The van der Waals surface area contributed by atoms with Crippen molar-refractivity contribution in [3.8, 4) is 12.3 Å². The Morgan fingerprint density at radius 3 is 2.86 bits per heavy atom. The fraction of sp³-hybridized carbons (Fsp3) is 0.250. The minimum Gasteiger partial charge on any atom is -0.283 e. The molecule has 2 heterocycles. The predicted octanol–water partition coefficient (Wildman–Crippen LogP) is 1.27. The van der Waals surface area contributed by atoms with Crippen molar-refractivity contribution in [2.75, 3.05) is 11.4 Å². The number of benzene rings is 1. The number of carbonyl (C=O) groups excluding carboxylic acids is 2. The van der Waals surface area contributed by atoms with Gasteiger partial charge < -0.3 is 0 Å². The third-order valence-electron chi connectivity index (χ3n) is 3.70. The van der Waals surface area contributed by atoms with E-state index in [1.165, 1.54) is 9.91 Å². The second-order valence-corrected chi connectivity index (χ2v) is 5.04. The van der Waals surface area contributed by atoms with Crippen molar-refractivity contribution in [3.63, 3.8) is 0 Å². The fourth-order valence-electron chi connectivity index (χ4n) is 2.53. The molecule has 0 bridgehead atoms. The number of hydrogen-bond donors (Lipinski definition) is 1. The summed E-state index contributed by atoms with van der Waals surface area (Å²) < 4.78 is 0. The van der Waals surface area contributed by atoms with Crippen molar-refractivity contribution in [1.29, 1.82) is 0 Å². The van der Waals surface area contributed by atoms with Crippen molar-refractivity contribution in [1.82, 2.24) is 15.3 Å². The summed E-state index contributed by atoms with van der Waals surface area (Å²) in [6, 6.07) is 7.44. The zero-order valence-corrected chi connectivity index (χ0v) is 12.2. The number of anilines is 1. The van der Waals surface area contributed by atoms with Gasteiger partial charge in [0.25, 0.3) is 5.91 Å². The van der Waals surface area contributed by atoms with E-state index in [0.29, 0.717) is 0 Å². The fourth-order valence-corrected chi connectivity index (χ4v) is 2.53. The van der Waals surface area contributed by atoms with Gasteiger partial charge in [-0.25, -0.2) is 9.80 Å². The third kappa shape index (κ3) is 2.22. The van der Waals surface area contributed by atoms with Gasteiger partial charge in [0, 0.05) is 18.1 Å². The van der Waals surface area contributed by atoms with Crippen molar-refractivity contribution >= 4 is 17.6 Å². The number of rotatable bonds is 3. The van der Waals surface area contributed by atoms with E-state index in [1.807, 2.05) is 24.3 Å². The second kappa shape index (κ2) is 5.54. The number of aryl methyl sites for hydroxylation is 1. The highest BCUT2D eigenvalue weighted by molar-refractivity contribution is 6.03. The van der Waals surface area contributed by atoms with Crippen LogP contribution in [0.15, 0.2) is 36.7 Å². The Bertz CT molecular complexity index is 692. The molecule has 6 heteroatoms. The van der Waals surface area contributed by atoms with Crippen LogP contribution < -0.4 is 10.3 Å². The molecule has 3 rings (SSSR count). The molecular weight excluding hydrogens is 280 g/mol. The summed E-state index contributed by atoms with van der Waals surface area (Å²) in [6.07, 6.45) is 8.56. The topological polar surface area (TPSA) is 55.9 Å². The number of nitrogens with one attached hydrogen (secondary N) is 1. The van der Waals surface area contributed by atoms with E-state index in [2.05, 4.69) is 18.3 Å². The van der Waals surface area contributed by atoms with Gasteiger partial charge in [-0.3, -0.25) is 14.6 Å². The first-order valence-corrected chi connectivity index (χ1v) is 7.05. The molecule has 22 heavy (non-hydrogen) atoms. The quantitative estimate of drug-likeness (QED) is 0.855. The summed E-state index contributed by atoms with van der Waals surface area (Å²) in [7, 11) is 0. The van der Waals surface area contributed by atoms with Crippen LogP contribution in [0, 0.1) is 12.3 Å². The second-order valence-electron chi connectivity index (χ2n) is 5.04. The summed E-state index contributed by atoms with van der Waals surface area (Å²) in [6.45, 7) is 2.17. The van der Waals surface area contributed by atoms with Crippen LogP contribution in [0.25, 0.3) is 0 Å². The molecule has 1 fully saturated rings. The highest BCUT2D eigenvalue weighted by atomic mass is 16.2. The van der Waals surface area contributed by atoms with Crippen LogP contribution >= 0.6 is 0 Å². The maximum atomic E-state index is 12.6. The number of nitrogens with zero attached hydrogens (tertiary/aromatic N) is 3. The molecule has 1 atom stereocenters. The van der Waals surface area contributed by atoms with E-state index >= 15 is 0 Å². The molecule has 1 saturated heterocycles. The number of fused-ring (bicyclic) bond motifs is 1. The summed E-state index contributed by atoms with van der Waals surface area (Å²) in [4.78, 5) is 27.6. The first-order chi connectivity index (χ1) is 10.7. The average molecular weight is 296 g/mol. The van der Waals surface area contributed by atoms with Gasteiger partial charge in [0.1, 0.15) is 0 Å². The van der Waals surface area contributed by atoms with Crippen molar-refractivity contribution in [2.45, 2.75) is 19.5 Å². The Morgan fingerprint density at radius 1 is 1.32 bits per heavy atom. The van der Waals surface area contributed by atoms with Gasteiger partial charge in [-0.1, -0.05) is 25.0 Å². The molecule has 1 N–H and O–H groups in total. The van der Waals surface area contributed by atoms with Crippen molar-refractivity contribution in [3.05, 3.63) is 42.2 Å². The van der Waals surface area contributed by atoms with E-state index in [9.17, 15) is 9.59 Å². The largest absolute Gasteiger partial charge is 0.341 e. The molecule has 1 unspecified atom stereocenters. The number of hydrogen-bond acceptors (Lipinski definition) is 3. The molecule has 0 spiro atoms. The Balaban J connectivity index is 1.88. The van der Waals surface area contributed by atoms with Crippen LogP contribution in [0.3, 0.4) is 0 Å². The molecule has 1 aromatic carbocycles. The van der Waals surface area contributed by atoms with E-state index in [-0.39, 0.29) is 18.5 Å². The summed E-state index contributed by atoms with van der Waals surface area (Å²) >= 11 is 0. The zero-order chi connectivity index (χ0) is 15.7. The molecule has 0 aliphatic carbocycles. The van der Waals surface area contributed by atoms with Gasteiger partial charge in [0.2, 0.25) is 0 Å². The van der Waals surface area contributed by atoms with Crippen LogP contribution in [0.5, 0.6) is 0 Å². The van der Waals surface area contributed by atoms with E-state index in [4.69, 9.17) is 6.42 Å². The Morgan fingerprint density at radius 2 is 2.14 bits per heavy atom. The van der Waals surface area contributed by atoms with E-state index < -0.39 is 6.17 Å². The van der Waals surface area contributed by atoms with Gasteiger partial charge in [-0.2, -0.15) is 5.43 Å². The standard InChI is InChI=1S/C16H16N4O2/c1-3-8-20-16(22)19-10-9-18(15(21)14(19)17-20)13-7-5-6-12(4-2)11-13/h1,5-7,9-11,14,17H,4,8H2,2H3. The van der Waals surface area contributed by atoms with Crippen molar-refractivity contribution < 1.29 is 9.59 Å². The first-order valence-electron chi connectivity index (χ1n) is 7.05. The molecule has 0 saturated carbocycles. The number of terminal acetylenes is 1. The maximum Gasteiger partial charge on any atom is 0.341 e. The van der Waals surface area contributed by atoms with Crippen LogP contribution in [0.2, 0.25) is 0 Å². The SMILES string of the molecule is C#CCN1NC2C(=O)N(c3cccc(CC)c3)C=CN2C1=O. The van der Waals surface area contributed by atoms with Crippen LogP contribution in [0.1, 0.15) is 12.5 Å². The van der Waals surface area contributed by atoms with Crippen molar-refractivity contribution in [2.24, 2.45) is 0 Å².